The van der Waals surface area contributed by atoms with Gasteiger partial charge in [-0.3, -0.25) is 0 Å². The second kappa shape index (κ2) is 6.74. The van der Waals surface area contributed by atoms with Crippen LogP contribution in [0.2, 0.25) is 5.02 Å². The van der Waals surface area contributed by atoms with Crippen LogP contribution in [-0.2, 0) is 0 Å². The Bertz CT molecular complexity index is 560. The van der Waals surface area contributed by atoms with Crippen LogP contribution in [0.15, 0.2) is 61.2 Å². The highest BCUT2D eigenvalue weighted by molar-refractivity contribution is 6.30. The molecular formula is C18H19ClO. The second-order valence-electron chi connectivity index (χ2n) is 5.02. The van der Waals surface area contributed by atoms with Crippen LogP contribution in [0.4, 0.5) is 0 Å². The van der Waals surface area contributed by atoms with Crippen LogP contribution in [0.3, 0.4) is 0 Å². The van der Waals surface area contributed by atoms with Crippen molar-refractivity contribution >= 4 is 17.2 Å². The molecule has 0 spiro atoms. The van der Waals surface area contributed by atoms with Gasteiger partial charge in [0.2, 0.25) is 0 Å². The quantitative estimate of drug-likeness (QED) is 0.840. The summed E-state index contributed by atoms with van der Waals surface area (Å²) in [7, 11) is 0. The summed E-state index contributed by atoms with van der Waals surface area (Å²) in [5.74, 6) is 0.211. The summed E-state index contributed by atoms with van der Waals surface area (Å²) in [6, 6.07) is 17.8. The molecular weight excluding hydrogens is 268 g/mol. The van der Waals surface area contributed by atoms with Gasteiger partial charge in [-0.2, -0.15) is 0 Å². The molecule has 0 bridgehead atoms. The van der Waals surface area contributed by atoms with Gasteiger partial charge in [-0.15, -0.1) is 0 Å². The Morgan fingerprint density at radius 1 is 1.10 bits per heavy atom. The predicted octanol–water partition coefficient (Wildman–Crippen LogP) is 4.77. The molecule has 0 unspecified atom stereocenters. The molecule has 2 aromatic rings. The Labute approximate surface area is 125 Å². The summed E-state index contributed by atoms with van der Waals surface area (Å²) < 4.78 is 0. The number of hydrogen-bond donors (Lipinski definition) is 1. The third kappa shape index (κ3) is 3.30. The van der Waals surface area contributed by atoms with Gasteiger partial charge in [0.05, 0.1) is 6.61 Å². The summed E-state index contributed by atoms with van der Waals surface area (Å²) in [5, 5.41) is 10.5. The normalized spacial score (nSPS) is 13.8. The van der Waals surface area contributed by atoms with Crippen LogP contribution < -0.4 is 0 Å². The lowest BCUT2D eigenvalue weighted by atomic mass is 9.81. The highest BCUT2D eigenvalue weighted by Gasteiger charge is 2.21. The molecule has 0 aromatic heterocycles. The second-order valence-corrected chi connectivity index (χ2v) is 5.46. The van der Waals surface area contributed by atoms with E-state index in [1.54, 1.807) is 0 Å². The minimum Gasteiger partial charge on any atom is -0.396 e. The monoisotopic (exact) mass is 286 g/mol. The van der Waals surface area contributed by atoms with Gasteiger partial charge in [0.15, 0.2) is 0 Å². The molecule has 0 fully saturated rings. The molecule has 2 aromatic carbocycles. The number of aliphatic hydroxyl groups is 1. The average molecular weight is 287 g/mol. The number of hydrogen-bond acceptors (Lipinski definition) is 1. The predicted molar refractivity (Wildman–Crippen MR) is 85.9 cm³/mol. The minimum absolute atomic E-state index is 0.00132. The van der Waals surface area contributed by atoms with Gasteiger partial charge in [-0.1, -0.05) is 67.6 Å². The van der Waals surface area contributed by atoms with Crippen molar-refractivity contribution in [3.05, 3.63) is 77.3 Å². The Morgan fingerprint density at radius 2 is 1.70 bits per heavy atom. The molecule has 2 heteroatoms. The van der Waals surface area contributed by atoms with Crippen molar-refractivity contribution in [3.8, 4) is 0 Å². The zero-order valence-electron chi connectivity index (χ0n) is 11.6. The molecule has 0 aliphatic carbocycles. The van der Waals surface area contributed by atoms with Crippen molar-refractivity contribution in [2.75, 3.05) is 6.61 Å². The molecule has 1 nitrogen and oxygen atoms in total. The van der Waals surface area contributed by atoms with Gasteiger partial charge in [0.1, 0.15) is 0 Å². The summed E-state index contributed by atoms with van der Waals surface area (Å²) in [4.78, 5) is 0. The van der Waals surface area contributed by atoms with E-state index in [2.05, 4.69) is 25.6 Å². The minimum atomic E-state index is -0.00132. The maximum absolute atomic E-state index is 9.76. The van der Waals surface area contributed by atoms with Crippen molar-refractivity contribution in [2.45, 2.75) is 12.8 Å². The first kappa shape index (κ1) is 14.8. The van der Waals surface area contributed by atoms with Gasteiger partial charge in [0.25, 0.3) is 0 Å². The molecule has 104 valence electrons. The molecule has 0 heterocycles. The first-order valence-corrected chi connectivity index (χ1v) is 7.12. The summed E-state index contributed by atoms with van der Waals surface area (Å²) >= 11 is 5.91. The topological polar surface area (TPSA) is 20.2 Å². The van der Waals surface area contributed by atoms with E-state index in [1.165, 1.54) is 5.56 Å². The van der Waals surface area contributed by atoms with E-state index in [4.69, 9.17) is 11.6 Å². The van der Waals surface area contributed by atoms with Crippen molar-refractivity contribution < 1.29 is 5.11 Å². The average Bonchev–Trinajstić information content (AvgIpc) is 2.49. The van der Waals surface area contributed by atoms with Crippen LogP contribution in [-0.4, -0.2) is 11.7 Å². The maximum atomic E-state index is 9.76. The van der Waals surface area contributed by atoms with E-state index < -0.39 is 0 Å². The zero-order valence-corrected chi connectivity index (χ0v) is 12.3. The number of benzene rings is 2. The first-order chi connectivity index (χ1) is 9.63. The summed E-state index contributed by atoms with van der Waals surface area (Å²) in [6.07, 6.45) is 0. The van der Waals surface area contributed by atoms with E-state index in [0.29, 0.717) is 5.02 Å². The third-order valence-electron chi connectivity index (χ3n) is 3.79. The summed E-state index contributed by atoms with van der Waals surface area (Å²) in [6.45, 7) is 6.37. The SMILES string of the molecule is C=C(c1ccc(Cl)cc1)[C@@H](CO)[C@H](C)c1ccccc1. The standard InChI is InChI=1S/C18H19ClO/c1-13(15-6-4-3-5-7-15)18(12-20)14(2)16-8-10-17(19)11-9-16/h3-11,13,18,20H,2,12H2,1H3/t13-,18+/m1/s1. The Balaban J connectivity index is 2.23. The van der Waals surface area contributed by atoms with Crippen molar-refractivity contribution in [2.24, 2.45) is 5.92 Å². The molecule has 0 radical (unpaired) electrons. The van der Waals surface area contributed by atoms with E-state index >= 15 is 0 Å². The lowest BCUT2D eigenvalue weighted by Crippen LogP contribution is -2.16. The number of rotatable bonds is 5. The highest BCUT2D eigenvalue weighted by atomic mass is 35.5. The molecule has 20 heavy (non-hydrogen) atoms. The Hall–Kier alpha value is -1.57. The molecule has 0 aliphatic heterocycles. The molecule has 2 atom stereocenters. The fourth-order valence-corrected chi connectivity index (χ4v) is 2.56. The molecule has 0 saturated heterocycles. The van der Waals surface area contributed by atoms with Gasteiger partial charge >= 0.3 is 0 Å². The van der Waals surface area contributed by atoms with Gasteiger partial charge in [-0.25, -0.2) is 0 Å². The van der Waals surface area contributed by atoms with Crippen LogP contribution >= 0.6 is 11.6 Å². The lowest BCUT2D eigenvalue weighted by molar-refractivity contribution is 0.242. The number of aliphatic hydroxyl groups excluding tert-OH is 1. The molecule has 0 amide bonds. The fourth-order valence-electron chi connectivity index (χ4n) is 2.44. The molecule has 0 aliphatic rings. The fraction of sp³-hybridized carbons (Fsp3) is 0.222. The smallest absolute Gasteiger partial charge is 0.0505 e. The van der Waals surface area contributed by atoms with Crippen LogP contribution in [0.1, 0.15) is 24.0 Å². The van der Waals surface area contributed by atoms with Crippen molar-refractivity contribution in [1.29, 1.82) is 0 Å². The van der Waals surface area contributed by atoms with E-state index in [0.717, 1.165) is 11.1 Å². The van der Waals surface area contributed by atoms with Crippen LogP contribution in [0.25, 0.3) is 5.57 Å². The lowest BCUT2D eigenvalue weighted by Gasteiger charge is -2.25. The van der Waals surface area contributed by atoms with Crippen LogP contribution in [0, 0.1) is 5.92 Å². The van der Waals surface area contributed by atoms with Gasteiger partial charge in [0, 0.05) is 10.9 Å². The van der Waals surface area contributed by atoms with Crippen molar-refractivity contribution in [1.82, 2.24) is 0 Å². The molecule has 2 rings (SSSR count). The zero-order chi connectivity index (χ0) is 14.5. The highest BCUT2D eigenvalue weighted by Crippen LogP contribution is 2.34. The molecule has 1 N–H and O–H groups in total. The Morgan fingerprint density at radius 3 is 2.25 bits per heavy atom. The first-order valence-electron chi connectivity index (χ1n) is 6.74. The van der Waals surface area contributed by atoms with Crippen molar-refractivity contribution in [3.63, 3.8) is 0 Å². The van der Waals surface area contributed by atoms with Gasteiger partial charge < -0.3 is 5.11 Å². The van der Waals surface area contributed by atoms with E-state index in [1.807, 2.05) is 42.5 Å². The number of halogens is 1. The summed E-state index contributed by atoms with van der Waals surface area (Å²) in [5.41, 5.74) is 3.18. The largest absolute Gasteiger partial charge is 0.396 e. The Kier molecular flexibility index (Phi) is 4.99. The van der Waals surface area contributed by atoms with Crippen LogP contribution in [0.5, 0.6) is 0 Å². The van der Waals surface area contributed by atoms with E-state index in [-0.39, 0.29) is 18.4 Å². The molecule has 0 saturated carbocycles. The third-order valence-corrected chi connectivity index (χ3v) is 4.04. The maximum Gasteiger partial charge on any atom is 0.0505 e. The van der Waals surface area contributed by atoms with E-state index in [9.17, 15) is 5.11 Å². The van der Waals surface area contributed by atoms with Gasteiger partial charge in [-0.05, 0) is 34.8 Å².